The van der Waals surface area contributed by atoms with Crippen molar-refractivity contribution in [1.29, 1.82) is 0 Å². The number of anilines is 1. The second-order valence-electron chi connectivity index (χ2n) is 8.60. The summed E-state index contributed by atoms with van der Waals surface area (Å²) in [6.45, 7) is 5.44. The molecule has 2 unspecified atom stereocenters. The van der Waals surface area contributed by atoms with E-state index in [1.807, 2.05) is 50.2 Å². The summed E-state index contributed by atoms with van der Waals surface area (Å²) in [5.41, 5.74) is 4.72. The number of carbonyl (C=O) groups excluding carboxylic acids is 2. The molecular formula is C26H27N3O5S. The normalized spacial score (nSPS) is 13.9. The van der Waals surface area contributed by atoms with Crippen LogP contribution >= 0.6 is 11.5 Å². The minimum atomic E-state index is -1.17. The van der Waals surface area contributed by atoms with Crippen LogP contribution in [-0.2, 0) is 9.53 Å². The third-order valence-corrected chi connectivity index (χ3v) is 7.28. The molecule has 182 valence electrons. The Morgan fingerprint density at radius 1 is 1.09 bits per heavy atom. The van der Waals surface area contributed by atoms with Crippen molar-refractivity contribution in [1.82, 2.24) is 9.69 Å². The highest BCUT2D eigenvalue weighted by Crippen LogP contribution is 2.44. The van der Waals surface area contributed by atoms with E-state index in [1.54, 1.807) is 6.92 Å². The van der Waals surface area contributed by atoms with Gasteiger partial charge >= 0.3 is 12.1 Å². The van der Waals surface area contributed by atoms with Crippen LogP contribution in [0.2, 0.25) is 0 Å². The number of hydrogen-bond donors (Lipinski definition) is 3. The summed E-state index contributed by atoms with van der Waals surface area (Å²) in [5.74, 6) is -1.99. The Balaban J connectivity index is 1.45. The largest absolute Gasteiger partial charge is 0.478 e. The predicted octanol–water partition coefficient (Wildman–Crippen LogP) is 5.04. The molecule has 4 rings (SSSR count). The number of benzene rings is 2. The molecule has 0 saturated heterocycles. The van der Waals surface area contributed by atoms with Gasteiger partial charge in [-0.25, -0.2) is 9.59 Å². The fraction of sp³-hybridized carbons (Fsp3) is 0.308. The number of fused-ring (bicyclic) bond motifs is 3. The number of hydrogen-bond acceptors (Lipinski definition) is 6. The van der Waals surface area contributed by atoms with E-state index in [9.17, 15) is 19.5 Å². The van der Waals surface area contributed by atoms with Crippen LogP contribution in [0.4, 0.5) is 9.80 Å². The van der Waals surface area contributed by atoms with Crippen LogP contribution in [0, 0.1) is 12.8 Å². The van der Waals surface area contributed by atoms with Crippen molar-refractivity contribution < 1.29 is 24.2 Å². The molecule has 2 amide bonds. The lowest BCUT2D eigenvalue weighted by molar-refractivity contribution is -0.119. The summed E-state index contributed by atoms with van der Waals surface area (Å²) in [5, 5.41) is 14.9. The minimum Gasteiger partial charge on any atom is -0.478 e. The molecule has 35 heavy (non-hydrogen) atoms. The maximum absolute atomic E-state index is 13.0. The van der Waals surface area contributed by atoms with E-state index in [1.165, 1.54) is 0 Å². The quantitative estimate of drug-likeness (QED) is 0.405. The lowest BCUT2D eigenvalue weighted by Gasteiger charge is -2.23. The van der Waals surface area contributed by atoms with Crippen molar-refractivity contribution in [3.63, 3.8) is 0 Å². The molecule has 0 radical (unpaired) electrons. The summed E-state index contributed by atoms with van der Waals surface area (Å²) in [6.07, 6.45) is -0.0823. The smallest absolute Gasteiger partial charge is 0.407 e. The number of aromatic carboxylic acids is 1. The molecule has 1 aliphatic carbocycles. The highest BCUT2D eigenvalue weighted by Gasteiger charge is 2.31. The molecule has 9 heteroatoms. The van der Waals surface area contributed by atoms with Gasteiger partial charge in [-0.2, -0.15) is 4.37 Å². The Hall–Kier alpha value is -3.72. The van der Waals surface area contributed by atoms with Crippen molar-refractivity contribution in [2.45, 2.75) is 39.2 Å². The summed E-state index contributed by atoms with van der Waals surface area (Å²) in [4.78, 5) is 37.3. The lowest BCUT2D eigenvalue weighted by Crippen LogP contribution is -2.48. The fourth-order valence-corrected chi connectivity index (χ4v) is 5.16. The van der Waals surface area contributed by atoms with E-state index in [-0.39, 0.29) is 29.0 Å². The number of nitrogens with zero attached hydrogens (tertiary/aromatic N) is 1. The number of carboxylic acids is 1. The summed E-state index contributed by atoms with van der Waals surface area (Å²) in [7, 11) is 0. The minimum absolute atomic E-state index is 0.0487. The zero-order valence-electron chi connectivity index (χ0n) is 19.7. The van der Waals surface area contributed by atoms with Gasteiger partial charge in [0.05, 0.1) is 5.69 Å². The summed E-state index contributed by atoms with van der Waals surface area (Å²) in [6, 6.07) is 15.2. The zero-order chi connectivity index (χ0) is 25.1. The van der Waals surface area contributed by atoms with Crippen molar-refractivity contribution in [2.24, 2.45) is 5.92 Å². The molecule has 8 nitrogen and oxygen atoms in total. The van der Waals surface area contributed by atoms with E-state index in [0.717, 1.165) is 33.8 Å². The van der Waals surface area contributed by atoms with E-state index in [4.69, 9.17) is 4.74 Å². The second-order valence-corrected chi connectivity index (χ2v) is 9.37. The van der Waals surface area contributed by atoms with Gasteiger partial charge in [0.1, 0.15) is 23.2 Å². The van der Waals surface area contributed by atoms with E-state index < -0.39 is 24.0 Å². The molecule has 1 heterocycles. The van der Waals surface area contributed by atoms with Crippen LogP contribution < -0.4 is 10.6 Å². The first kappa shape index (κ1) is 24.4. The number of aryl methyl sites for hydroxylation is 1. The van der Waals surface area contributed by atoms with Gasteiger partial charge < -0.3 is 20.5 Å². The van der Waals surface area contributed by atoms with Gasteiger partial charge in [-0.1, -0.05) is 68.8 Å². The summed E-state index contributed by atoms with van der Waals surface area (Å²) < 4.78 is 9.62. The molecule has 0 fully saturated rings. The number of carboxylic acid groups (broad SMARTS) is 1. The Kier molecular flexibility index (Phi) is 7.16. The monoisotopic (exact) mass is 493 g/mol. The third-order valence-electron chi connectivity index (χ3n) is 6.43. The molecule has 1 aliphatic rings. The second kappa shape index (κ2) is 10.3. The van der Waals surface area contributed by atoms with E-state index in [2.05, 4.69) is 27.1 Å². The molecule has 0 bridgehead atoms. The topological polar surface area (TPSA) is 118 Å². The van der Waals surface area contributed by atoms with E-state index in [0.29, 0.717) is 12.1 Å². The number of ether oxygens (including phenoxy) is 1. The molecule has 3 aromatic rings. The van der Waals surface area contributed by atoms with Gasteiger partial charge in [0.15, 0.2) is 0 Å². The first-order chi connectivity index (χ1) is 16.8. The number of carbonyl (C=O) groups is 3. The predicted molar refractivity (Wildman–Crippen MR) is 134 cm³/mol. The Labute approximate surface area is 207 Å². The van der Waals surface area contributed by atoms with Crippen LogP contribution in [0.3, 0.4) is 0 Å². The third kappa shape index (κ3) is 4.90. The van der Waals surface area contributed by atoms with Crippen molar-refractivity contribution >= 4 is 34.5 Å². The fourth-order valence-electron chi connectivity index (χ4n) is 4.37. The molecule has 1 aromatic heterocycles. The standard InChI is InChI=1S/C26H27N3O5S/c1-4-14(2)22(23(30)28-24-21(25(31)32)15(3)29-35-24)27-26(33)34-13-20-18-11-7-5-9-16(18)17-10-6-8-12-19(17)20/h5-12,14,20,22H,4,13H2,1-3H3,(H,27,33)(H,28,30)(H,31,32). The van der Waals surface area contributed by atoms with Gasteiger partial charge in [0.2, 0.25) is 5.91 Å². The molecule has 0 saturated carbocycles. The number of rotatable bonds is 8. The molecule has 2 aromatic carbocycles. The Morgan fingerprint density at radius 3 is 2.26 bits per heavy atom. The molecule has 2 atom stereocenters. The average Bonchev–Trinajstić information content (AvgIpc) is 3.38. The number of nitrogens with one attached hydrogen (secondary N) is 2. The molecule has 3 N–H and O–H groups in total. The van der Waals surface area contributed by atoms with Gasteiger partial charge in [0, 0.05) is 5.92 Å². The molecular weight excluding hydrogens is 466 g/mol. The summed E-state index contributed by atoms with van der Waals surface area (Å²) >= 11 is 0.896. The zero-order valence-corrected chi connectivity index (χ0v) is 20.5. The Morgan fingerprint density at radius 2 is 1.69 bits per heavy atom. The van der Waals surface area contributed by atoms with Crippen molar-refractivity contribution in [3.8, 4) is 11.1 Å². The van der Waals surface area contributed by atoms with Crippen molar-refractivity contribution in [3.05, 3.63) is 70.9 Å². The highest BCUT2D eigenvalue weighted by molar-refractivity contribution is 7.11. The van der Waals surface area contributed by atoms with Gasteiger partial charge in [-0.3, -0.25) is 4.79 Å². The SMILES string of the molecule is CCC(C)C(NC(=O)OCC1c2ccccc2-c2ccccc21)C(=O)Nc1snc(C)c1C(=O)O. The number of alkyl carbamates (subject to hydrolysis) is 1. The number of aromatic nitrogens is 1. The maximum atomic E-state index is 13.0. The van der Waals surface area contributed by atoms with Gasteiger partial charge in [-0.15, -0.1) is 0 Å². The first-order valence-corrected chi connectivity index (χ1v) is 12.2. The molecule has 0 spiro atoms. The first-order valence-electron chi connectivity index (χ1n) is 11.4. The maximum Gasteiger partial charge on any atom is 0.407 e. The van der Waals surface area contributed by atoms with Gasteiger partial charge in [0.25, 0.3) is 0 Å². The van der Waals surface area contributed by atoms with Crippen LogP contribution in [0.1, 0.15) is 53.4 Å². The van der Waals surface area contributed by atoms with Crippen LogP contribution in [0.15, 0.2) is 48.5 Å². The van der Waals surface area contributed by atoms with E-state index >= 15 is 0 Å². The number of amides is 2. The van der Waals surface area contributed by atoms with Crippen LogP contribution in [-0.4, -0.2) is 40.1 Å². The Bertz CT molecular complexity index is 1230. The van der Waals surface area contributed by atoms with Crippen molar-refractivity contribution in [2.75, 3.05) is 11.9 Å². The van der Waals surface area contributed by atoms with Gasteiger partial charge in [-0.05, 0) is 46.6 Å². The van der Waals surface area contributed by atoms with Crippen LogP contribution in [0.5, 0.6) is 0 Å². The average molecular weight is 494 g/mol. The highest BCUT2D eigenvalue weighted by atomic mass is 32.1. The molecule has 0 aliphatic heterocycles. The van der Waals surface area contributed by atoms with Crippen LogP contribution in [0.25, 0.3) is 11.1 Å². The lowest BCUT2D eigenvalue weighted by atomic mass is 9.98.